The summed E-state index contributed by atoms with van der Waals surface area (Å²) in [5.41, 5.74) is 0. The normalized spacial score (nSPS) is 12.5. The van der Waals surface area contributed by atoms with Gasteiger partial charge in [-0.2, -0.15) is 0 Å². The number of likely N-dealkylation sites (N-methyl/N-ethyl adjacent to an activating group) is 1. The summed E-state index contributed by atoms with van der Waals surface area (Å²) in [6, 6.07) is 3.73. The van der Waals surface area contributed by atoms with Gasteiger partial charge < -0.3 is 14.5 Å². The number of hydrogen-bond donors (Lipinski definition) is 1. The Kier molecular flexibility index (Phi) is 4.85. The average Bonchev–Trinajstić information content (AvgIpc) is 2.71. The van der Waals surface area contributed by atoms with Crippen LogP contribution in [0.2, 0.25) is 0 Å². The van der Waals surface area contributed by atoms with Crippen molar-refractivity contribution in [1.82, 2.24) is 10.2 Å². The molecule has 1 N–H and O–H groups in total. The number of alkyl carbamates (subject to hydrolysis) is 1. The maximum atomic E-state index is 11.2. The van der Waals surface area contributed by atoms with E-state index in [1.807, 2.05) is 31.1 Å². The molecule has 0 aliphatic carbocycles. The highest BCUT2D eigenvalue weighted by Gasteiger charge is 2.17. The molecule has 0 aromatic carbocycles. The van der Waals surface area contributed by atoms with Crippen molar-refractivity contribution >= 4 is 6.09 Å². The zero-order chi connectivity index (χ0) is 12.0. The Morgan fingerprint density at radius 2 is 2.38 bits per heavy atom. The molecular formula is C11H18N2O3. The van der Waals surface area contributed by atoms with Crippen LogP contribution in [0.3, 0.4) is 0 Å². The first-order valence-electron chi connectivity index (χ1n) is 5.25. The third-order valence-corrected chi connectivity index (χ3v) is 2.21. The van der Waals surface area contributed by atoms with Crippen LogP contribution in [0.1, 0.15) is 18.7 Å². The number of furan rings is 1. The highest BCUT2D eigenvalue weighted by Crippen LogP contribution is 2.17. The van der Waals surface area contributed by atoms with E-state index in [4.69, 9.17) is 9.15 Å². The lowest BCUT2D eigenvalue weighted by Crippen LogP contribution is -2.34. The van der Waals surface area contributed by atoms with Crippen molar-refractivity contribution in [1.29, 1.82) is 0 Å². The lowest BCUT2D eigenvalue weighted by Gasteiger charge is -2.22. The smallest absolute Gasteiger partial charge is 0.407 e. The number of ether oxygens (including phenoxy) is 1. The molecule has 1 unspecified atom stereocenters. The SMILES string of the molecule is CCOC(=O)NCC(c1ccco1)N(C)C. The number of amides is 1. The zero-order valence-corrected chi connectivity index (χ0v) is 9.90. The van der Waals surface area contributed by atoms with Crippen LogP contribution in [0, 0.1) is 0 Å². The second kappa shape index (κ2) is 6.17. The molecule has 90 valence electrons. The van der Waals surface area contributed by atoms with Gasteiger partial charge in [0.15, 0.2) is 0 Å². The number of rotatable bonds is 5. The summed E-state index contributed by atoms with van der Waals surface area (Å²) in [6.07, 6.45) is 1.22. The third-order valence-electron chi connectivity index (χ3n) is 2.21. The van der Waals surface area contributed by atoms with Gasteiger partial charge in [-0.3, -0.25) is 4.90 Å². The summed E-state index contributed by atoms with van der Waals surface area (Å²) in [6.45, 7) is 2.61. The van der Waals surface area contributed by atoms with Gasteiger partial charge in [0.05, 0.1) is 18.9 Å². The Morgan fingerprint density at radius 3 is 2.88 bits per heavy atom. The summed E-state index contributed by atoms with van der Waals surface area (Å²) in [4.78, 5) is 13.1. The largest absolute Gasteiger partial charge is 0.468 e. The van der Waals surface area contributed by atoms with Gasteiger partial charge in [0.2, 0.25) is 0 Å². The van der Waals surface area contributed by atoms with Crippen LogP contribution in [-0.4, -0.2) is 38.2 Å². The second-order valence-corrected chi connectivity index (χ2v) is 3.60. The minimum absolute atomic E-state index is 0.0133. The molecule has 1 amide bonds. The molecule has 0 fully saturated rings. The van der Waals surface area contributed by atoms with E-state index in [1.54, 1.807) is 13.2 Å². The lowest BCUT2D eigenvalue weighted by atomic mass is 10.2. The lowest BCUT2D eigenvalue weighted by molar-refractivity contribution is 0.147. The molecule has 0 aliphatic heterocycles. The molecule has 1 aromatic heterocycles. The molecule has 0 spiro atoms. The second-order valence-electron chi connectivity index (χ2n) is 3.60. The number of hydrogen-bond acceptors (Lipinski definition) is 4. The first-order chi connectivity index (χ1) is 7.65. The van der Waals surface area contributed by atoms with E-state index in [0.717, 1.165) is 5.76 Å². The predicted molar refractivity (Wildman–Crippen MR) is 60.2 cm³/mol. The van der Waals surface area contributed by atoms with Gasteiger partial charge in [0.25, 0.3) is 0 Å². The maximum absolute atomic E-state index is 11.2. The standard InChI is InChI=1S/C11H18N2O3/c1-4-15-11(14)12-8-9(13(2)3)10-6-5-7-16-10/h5-7,9H,4,8H2,1-3H3,(H,12,14). The number of nitrogens with one attached hydrogen (secondary N) is 1. The fourth-order valence-electron chi connectivity index (χ4n) is 1.38. The Morgan fingerprint density at radius 1 is 1.62 bits per heavy atom. The maximum Gasteiger partial charge on any atom is 0.407 e. The molecule has 1 aromatic rings. The van der Waals surface area contributed by atoms with E-state index in [2.05, 4.69) is 5.32 Å². The Balaban J connectivity index is 2.50. The monoisotopic (exact) mass is 226 g/mol. The van der Waals surface area contributed by atoms with E-state index in [0.29, 0.717) is 13.2 Å². The molecule has 0 saturated carbocycles. The summed E-state index contributed by atoms with van der Waals surface area (Å²) >= 11 is 0. The van der Waals surface area contributed by atoms with Gasteiger partial charge in [-0.25, -0.2) is 4.79 Å². The molecule has 1 rings (SSSR count). The van der Waals surface area contributed by atoms with Crippen molar-refractivity contribution in [2.75, 3.05) is 27.2 Å². The molecular weight excluding hydrogens is 208 g/mol. The van der Waals surface area contributed by atoms with Crippen LogP contribution >= 0.6 is 0 Å². The van der Waals surface area contributed by atoms with Gasteiger partial charge in [0.1, 0.15) is 5.76 Å². The number of carbonyl (C=O) groups is 1. The fourth-order valence-corrected chi connectivity index (χ4v) is 1.38. The van der Waals surface area contributed by atoms with E-state index in [1.165, 1.54) is 0 Å². The predicted octanol–water partition coefficient (Wildman–Crippen LogP) is 1.63. The van der Waals surface area contributed by atoms with E-state index >= 15 is 0 Å². The molecule has 1 atom stereocenters. The fraction of sp³-hybridized carbons (Fsp3) is 0.545. The van der Waals surface area contributed by atoms with E-state index < -0.39 is 6.09 Å². The van der Waals surface area contributed by atoms with Gasteiger partial charge in [0, 0.05) is 6.54 Å². The Labute approximate surface area is 95.4 Å². The average molecular weight is 226 g/mol. The third kappa shape index (κ3) is 3.58. The van der Waals surface area contributed by atoms with E-state index in [-0.39, 0.29) is 6.04 Å². The van der Waals surface area contributed by atoms with Gasteiger partial charge >= 0.3 is 6.09 Å². The Bertz CT molecular complexity index is 309. The minimum atomic E-state index is -0.402. The van der Waals surface area contributed by atoms with Crippen LogP contribution in [0.4, 0.5) is 4.79 Å². The Hall–Kier alpha value is -1.49. The van der Waals surface area contributed by atoms with Gasteiger partial charge in [-0.05, 0) is 33.2 Å². The topological polar surface area (TPSA) is 54.7 Å². The highest BCUT2D eigenvalue weighted by atomic mass is 16.5. The molecule has 0 aliphatic rings. The van der Waals surface area contributed by atoms with Gasteiger partial charge in [-0.15, -0.1) is 0 Å². The highest BCUT2D eigenvalue weighted by molar-refractivity contribution is 5.67. The molecule has 0 radical (unpaired) electrons. The molecule has 0 bridgehead atoms. The molecule has 1 heterocycles. The quantitative estimate of drug-likeness (QED) is 0.829. The van der Waals surface area contributed by atoms with Crippen molar-refractivity contribution in [3.63, 3.8) is 0 Å². The van der Waals surface area contributed by atoms with Crippen molar-refractivity contribution in [2.45, 2.75) is 13.0 Å². The van der Waals surface area contributed by atoms with Crippen LogP contribution in [0.25, 0.3) is 0 Å². The van der Waals surface area contributed by atoms with Crippen molar-refractivity contribution in [2.24, 2.45) is 0 Å². The van der Waals surface area contributed by atoms with Crippen molar-refractivity contribution in [3.05, 3.63) is 24.2 Å². The van der Waals surface area contributed by atoms with Crippen molar-refractivity contribution in [3.8, 4) is 0 Å². The van der Waals surface area contributed by atoms with Gasteiger partial charge in [-0.1, -0.05) is 0 Å². The molecule has 5 heteroatoms. The zero-order valence-electron chi connectivity index (χ0n) is 9.90. The minimum Gasteiger partial charge on any atom is -0.468 e. The first-order valence-corrected chi connectivity index (χ1v) is 5.25. The van der Waals surface area contributed by atoms with Crippen LogP contribution in [-0.2, 0) is 4.74 Å². The van der Waals surface area contributed by atoms with Crippen molar-refractivity contribution < 1.29 is 13.9 Å². The number of nitrogens with zero attached hydrogens (tertiary/aromatic N) is 1. The van der Waals surface area contributed by atoms with Crippen LogP contribution < -0.4 is 5.32 Å². The number of carbonyl (C=O) groups excluding carboxylic acids is 1. The summed E-state index contributed by atoms with van der Waals surface area (Å²) in [7, 11) is 3.86. The molecule has 0 saturated heterocycles. The first kappa shape index (κ1) is 12.6. The summed E-state index contributed by atoms with van der Waals surface area (Å²) < 4.78 is 10.1. The van der Waals surface area contributed by atoms with Crippen LogP contribution in [0.15, 0.2) is 22.8 Å². The summed E-state index contributed by atoms with van der Waals surface area (Å²) in [5.74, 6) is 0.821. The summed E-state index contributed by atoms with van der Waals surface area (Å²) in [5, 5.41) is 2.69. The van der Waals surface area contributed by atoms with Crippen LogP contribution in [0.5, 0.6) is 0 Å². The molecule has 5 nitrogen and oxygen atoms in total. The molecule has 16 heavy (non-hydrogen) atoms. The van der Waals surface area contributed by atoms with E-state index in [9.17, 15) is 4.79 Å².